The fraction of sp³-hybridized carbons (Fsp3) is 0.300. The first-order valence-corrected chi connectivity index (χ1v) is 13.3. The van der Waals surface area contributed by atoms with Gasteiger partial charge in [-0.3, -0.25) is 34.4 Å². The van der Waals surface area contributed by atoms with E-state index in [1.54, 1.807) is 18.2 Å². The molecule has 1 aromatic heterocycles. The molecule has 3 aromatic rings. The third-order valence-corrected chi connectivity index (χ3v) is 7.87. The lowest BCUT2D eigenvalue weighted by Gasteiger charge is -2.39. The summed E-state index contributed by atoms with van der Waals surface area (Å²) in [6.45, 7) is 2.87. The molecule has 2 fully saturated rings. The number of imide groups is 1. The minimum atomic E-state index is -0.673. The zero-order valence-electron chi connectivity index (χ0n) is 21.5. The summed E-state index contributed by atoms with van der Waals surface area (Å²) in [7, 11) is 0. The Kier molecular flexibility index (Phi) is 6.66. The molecule has 2 unspecified atom stereocenters. The van der Waals surface area contributed by atoms with Gasteiger partial charge in [0.25, 0.3) is 11.8 Å². The minimum Gasteiger partial charge on any atom is -0.336 e. The molecule has 2 atom stereocenters. The number of nitrogens with one attached hydrogen (secondary N) is 1. The van der Waals surface area contributed by atoms with Gasteiger partial charge in [0, 0.05) is 62.7 Å². The number of fused-ring (bicyclic) bond motifs is 1. The van der Waals surface area contributed by atoms with Crippen molar-refractivity contribution in [3.8, 4) is 0 Å². The van der Waals surface area contributed by atoms with Crippen LogP contribution < -0.4 is 5.32 Å². The lowest BCUT2D eigenvalue weighted by molar-refractivity contribution is -0.136. The van der Waals surface area contributed by atoms with E-state index in [1.165, 1.54) is 16.0 Å². The van der Waals surface area contributed by atoms with Crippen molar-refractivity contribution in [2.75, 3.05) is 26.2 Å². The van der Waals surface area contributed by atoms with E-state index >= 15 is 0 Å². The van der Waals surface area contributed by atoms with Gasteiger partial charge in [0.05, 0.1) is 6.04 Å². The van der Waals surface area contributed by atoms with Gasteiger partial charge >= 0.3 is 0 Å². The van der Waals surface area contributed by atoms with Crippen LogP contribution >= 0.6 is 0 Å². The van der Waals surface area contributed by atoms with E-state index in [-0.39, 0.29) is 36.7 Å². The Bertz CT molecular complexity index is 1380. The van der Waals surface area contributed by atoms with E-state index in [1.807, 2.05) is 47.6 Å². The third-order valence-electron chi connectivity index (χ3n) is 7.87. The Morgan fingerprint density at radius 3 is 2.33 bits per heavy atom. The summed E-state index contributed by atoms with van der Waals surface area (Å²) >= 11 is 0. The van der Waals surface area contributed by atoms with Crippen molar-refractivity contribution in [3.05, 3.63) is 101 Å². The Morgan fingerprint density at radius 2 is 1.62 bits per heavy atom. The highest BCUT2D eigenvalue weighted by molar-refractivity contribution is 6.06. The molecule has 0 saturated carbocycles. The van der Waals surface area contributed by atoms with Crippen LogP contribution in [0.1, 0.15) is 56.3 Å². The van der Waals surface area contributed by atoms with Crippen molar-refractivity contribution in [1.82, 2.24) is 25.0 Å². The van der Waals surface area contributed by atoms with Crippen LogP contribution in [0, 0.1) is 0 Å². The van der Waals surface area contributed by atoms with Gasteiger partial charge < -0.3 is 9.80 Å². The second-order valence-electron chi connectivity index (χ2n) is 10.2. The summed E-state index contributed by atoms with van der Waals surface area (Å²) in [6.07, 6.45) is 4.14. The molecule has 9 heteroatoms. The molecule has 3 aliphatic heterocycles. The number of pyridine rings is 1. The molecule has 39 heavy (non-hydrogen) atoms. The maximum absolute atomic E-state index is 13.5. The Balaban J connectivity index is 1.14. The van der Waals surface area contributed by atoms with Gasteiger partial charge in [-0.2, -0.15) is 0 Å². The number of hydrogen-bond acceptors (Lipinski definition) is 6. The highest BCUT2D eigenvalue weighted by Crippen LogP contribution is 2.31. The lowest BCUT2D eigenvalue weighted by Crippen LogP contribution is -2.52. The summed E-state index contributed by atoms with van der Waals surface area (Å²) in [5.74, 6) is -1.06. The average molecular weight is 524 g/mol. The average Bonchev–Trinajstić information content (AvgIpc) is 3.29. The van der Waals surface area contributed by atoms with Crippen molar-refractivity contribution in [2.45, 2.75) is 31.5 Å². The van der Waals surface area contributed by atoms with Crippen LogP contribution in [0.3, 0.4) is 0 Å². The monoisotopic (exact) mass is 523 g/mol. The molecule has 4 heterocycles. The molecule has 2 saturated heterocycles. The molecule has 0 bridgehead atoms. The van der Waals surface area contributed by atoms with Crippen LogP contribution in [0.25, 0.3) is 0 Å². The topological polar surface area (TPSA) is 103 Å². The van der Waals surface area contributed by atoms with Gasteiger partial charge in [-0.15, -0.1) is 0 Å². The van der Waals surface area contributed by atoms with Crippen LogP contribution in [0.2, 0.25) is 0 Å². The number of amides is 4. The maximum Gasteiger partial charge on any atom is 0.255 e. The number of benzene rings is 2. The molecule has 0 aliphatic carbocycles. The van der Waals surface area contributed by atoms with Gasteiger partial charge in [-0.25, -0.2) is 0 Å². The molecule has 3 aliphatic rings. The van der Waals surface area contributed by atoms with Crippen LogP contribution in [0.15, 0.2) is 73.1 Å². The first-order chi connectivity index (χ1) is 19.0. The molecular formula is C30H29N5O4. The van der Waals surface area contributed by atoms with E-state index in [0.29, 0.717) is 30.6 Å². The number of hydrogen-bond donors (Lipinski definition) is 1. The van der Waals surface area contributed by atoms with E-state index in [0.717, 1.165) is 18.7 Å². The number of rotatable bonds is 5. The molecule has 1 N–H and O–H groups in total. The van der Waals surface area contributed by atoms with Crippen molar-refractivity contribution < 1.29 is 19.2 Å². The normalized spacial score (nSPS) is 20.5. The quantitative estimate of drug-likeness (QED) is 0.516. The fourth-order valence-corrected chi connectivity index (χ4v) is 5.87. The summed E-state index contributed by atoms with van der Waals surface area (Å²) in [6, 6.07) is 19.0. The van der Waals surface area contributed by atoms with Crippen molar-refractivity contribution in [1.29, 1.82) is 0 Å². The van der Waals surface area contributed by atoms with Gasteiger partial charge in [0.2, 0.25) is 11.8 Å². The molecule has 9 nitrogen and oxygen atoms in total. The molecule has 198 valence electrons. The predicted octanol–water partition coefficient (Wildman–Crippen LogP) is 2.39. The van der Waals surface area contributed by atoms with Crippen LogP contribution in [0.5, 0.6) is 0 Å². The second kappa shape index (κ2) is 10.4. The number of aromatic nitrogens is 1. The molecular weight excluding hydrogens is 494 g/mol. The Morgan fingerprint density at radius 1 is 0.897 bits per heavy atom. The van der Waals surface area contributed by atoms with Crippen molar-refractivity contribution >= 4 is 23.6 Å². The fourth-order valence-electron chi connectivity index (χ4n) is 5.87. The minimum absolute atomic E-state index is 0.0653. The maximum atomic E-state index is 13.5. The summed E-state index contributed by atoms with van der Waals surface area (Å²) in [5, 5.41) is 2.32. The molecule has 4 amide bonds. The standard InChI is InChI=1S/C30H29N5O4/c36-26-9-8-25(28(37)32-26)35-19-23-18-22(6-7-24(23)30(35)39)29(38)34-16-14-33(15-17-34)27(20-4-2-1-3-5-20)21-10-12-31-13-11-21/h1-7,10-13,18,25,27H,8-9,14-17,19H2,(H,32,36,37). The van der Waals surface area contributed by atoms with Crippen molar-refractivity contribution in [3.63, 3.8) is 0 Å². The summed E-state index contributed by atoms with van der Waals surface area (Å²) in [5.41, 5.74) is 4.14. The summed E-state index contributed by atoms with van der Waals surface area (Å²) in [4.78, 5) is 60.3. The van der Waals surface area contributed by atoms with Crippen molar-refractivity contribution in [2.24, 2.45) is 0 Å². The Labute approximate surface area is 226 Å². The molecule has 2 aromatic carbocycles. The zero-order valence-corrected chi connectivity index (χ0v) is 21.5. The van der Waals surface area contributed by atoms with E-state index in [4.69, 9.17) is 0 Å². The predicted molar refractivity (Wildman–Crippen MR) is 142 cm³/mol. The van der Waals surface area contributed by atoms with Crippen LogP contribution in [0.4, 0.5) is 0 Å². The smallest absolute Gasteiger partial charge is 0.255 e. The van der Waals surface area contributed by atoms with Gasteiger partial charge in [0.15, 0.2) is 0 Å². The number of carbonyl (C=O) groups excluding carboxylic acids is 4. The number of nitrogens with zero attached hydrogens (tertiary/aromatic N) is 4. The van der Waals surface area contributed by atoms with E-state index < -0.39 is 11.9 Å². The highest BCUT2D eigenvalue weighted by Gasteiger charge is 2.39. The second-order valence-corrected chi connectivity index (χ2v) is 10.2. The Hall–Kier alpha value is -4.37. The SMILES string of the molecule is O=C1CCC(N2Cc3cc(C(=O)N4CCN(C(c5ccccc5)c5ccncc5)CC4)ccc3C2=O)C(=O)N1. The number of piperidine rings is 1. The third kappa shape index (κ3) is 4.81. The number of carbonyl (C=O) groups is 4. The first-order valence-electron chi connectivity index (χ1n) is 13.3. The molecule has 6 rings (SSSR count). The van der Waals surface area contributed by atoms with E-state index in [2.05, 4.69) is 27.3 Å². The summed E-state index contributed by atoms with van der Waals surface area (Å²) < 4.78 is 0. The molecule has 0 spiro atoms. The zero-order chi connectivity index (χ0) is 26.9. The highest BCUT2D eigenvalue weighted by atomic mass is 16.2. The van der Waals surface area contributed by atoms with Gasteiger partial charge in [-0.05, 0) is 53.4 Å². The van der Waals surface area contributed by atoms with Crippen LogP contribution in [-0.2, 0) is 16.1 Å². The lowest BCUT2D eigenvalue weighted by atomic mass is 9.97. The van der Waals surface area contributed by atoms with Crippen LogP contribution in [-0.4, -0.2) is 75.5 Å². The van der Waals surface area contributed by atoms with E-state index in [9.17, 15) is 19.2 Å². The van der Waals surface area contributed by atoms with Gasteiger partial charge in [0.1, 0.15) is 6.04 Å². The number of piperazine rings is 1. The first kappa shape index (κ1) is 24.9. The van der Waals surface area contributed by atoms with Gasteiger partial charge in [-0.1, -0.05) is 30.3 Å². The molecule has 0 radical (unpaired) electrons. The largest absolute Gasteiger partial charge is 0.336 e.